The van der Waals surface area contributed by atoms with Gasteiger partial charge in [0.1, 0.15) is 6.23 Å². The number of rotatable bonds is 0. The molecule has 0 bridgehead atoms. The lowest BCUT2D eigenvalue weighted by molar-refractivity contribution is 0.0488. The van der Waals surface area contributed by atoms with E-state index in [0.717, 1.165) is 11.3 Å². The maximum Gasteiger partial charge on any atom is 0.183 e. The highest BCUT2D eigenvalue weighted by Gasteiger charge is 2.20. The van der Waals surface area contributed by atoms with Gasteiger partial charge in [-0.05, 0) is 6.07 Å². The summed E-state index contributed by atoms with van der Waals surface area (Å²) in [5.74, 6) is 0. The van der Waals surface area contributed by atoms with Crippen molar-refractivity contribution in [1.82, 2.24) is 5.32 Å². The fraction of sp³-hybridized carbons (Fsp3) is 0.250. The van der Waals surface area contributed by atoms with Gasteiger partial charge in [0, 0.05) is 11.3 Å². The highest BCUT2D eigenvalue weighted by Crippen LogP contribution is 2.24. The zero-order chi connectivity index (χ0) is 8.55. The van der Waals surface area contributed by atoms with Crippen LogP contribution in [0.15, 0.2) is 24.3 Å². The average Bonchev–Trinajstić information content (AvgIpc) is 2.04. The fourth-order valence-corrected chi connectivity index (χ4v) is 1.30. The molecule has 4 heteroatoms. The van der Waals surface area contributed by atoms with Crippen LogP contribution < -0.4 is 10.6 Å². The molecule has 1 aliphatic rings. The SMILES string of the molecule is OC1Nc2ccccc2C(O)N1. The number of aliphatic hydroxyl groups is 2. The first-order valence-corrected chi connectivity index (χ1v) is 3.75. The monoisotopic (exact) mass is 166 g/mol. The Bertz CT molecular complexity index is 290. The van der Waals surface area contributed by atoms with Gasteiger partial charge in [-0.2, -0.15) is 0 Å². The van der Waals surface area contributed by atoms with E-state index in [4.69, 9.17) is 5.11 Å². The lowest BCUT2D eigenvalue weighted by Gasteiger charge is -2.28. The second-order valence-electron chi connectivity index (χ2n) is 2.70. The molecule has 0 spiro atoms. The maximum absolute atomic E-state index is 9.42. The van der Waals surface area contributed by atoms with Gasteiger partial charge in [0.2, 0.25) is 0 Å². The minimum absolute atomic E-state index is 0.753. The lowest BCUT2D eigenvalue weighted by Crippen LogP contribution is -2.42. The number of para-hydroxylation sites is 1. The number of hydrogen-bond donors (Lipinski definition) is 4. The second kappa shape index (κ2) is 2.75. The molecule has 64 valence electrons. The van der Waals surface area contributed by atoms with Crippen molar-refractivity contribution in [1.29, 1.82) is 0 Å². The fourth-order valence-electron chi connectivity index (χ4n) is 1.30. The average molecular weight is 166 g/mol. The molecule has 4 nitrogen and oxygen atoms in total. The van der Waals surface area contributed by atoms with E-state index in [2.05, 4.69) is 10.6 Å². The molecule has 12 heavy (non-hydrogen) atoms. The van der Waals surface area contributed by atoms with Crippen molar-refractivity contribution in [3.8, 4) is 0 Å². The molecule has 0 fully saturated rings. The number of aliphatic hydroxyl groups excluding tert-OH is 2. The summed E-state index contributed by atoms with van der Waals surface area (Å²) in [5.41, 5.74) is 1.51. The second-order valence-corrected chi connectivity index (χ2v) is 2.70. The van der Waals surface area contributed by atoms with Crippen molar-refractivity contribution in [2.75, 3.05) is 5.32 Å². The summed E-state index contributed by atoms with van der Waals surface area (Å²) in [6, 6.07) is 7.29. The van der Waals surface area contributed by atoms with Crippen molar-refractivity contribution in [3.05, 3.63) is 29.8 Å². The van der Waals surface area contributed by atoms with Crippen molar-refractivity contribution in [2.24, 2.45) is 0 Å². The van der Waals surface area contributed by atoms with Crippen LogP contribution in [-0.2, 0) is 0 Å². The Morgan fingerprint density at radius 2 is 1.92 bits per heavy atom. The zero-order valence-electron chi connectivity index (χ0n) is 6.36. The van der Waals surface area contributed by atoms with E-state index < -0.39 is 12.6 Å². The van der Waals surface area contributed by atoms with Gasteiger partial charge in [-0.15, -0.1) is 0 Å². The zero-order valence-corrected chi connectivity index (χ0v) is 6.36. The molecular formula is C8H10N2O2. The van der Waals surface area contributed by atoms with Gasteiger partial charge in [0.25, 0.3) is 0 Å². The van der Waals surface area contributed by atoms with Crippen molar-refractivity contribution >= 4 is 5.69 Å². The summed E-state index contributed by atoms with van der Waals surface area (Å²) in [6.45, 7) is 0. The summed E-state index contributed by atoms with van der Waals surface area (Å²) in [4.78, 5) is 0. The van der Waals surface area contributed by atoms with E-state index in [1.165, 1.54) is 0 Å². The number of benzene rings is 1. The summed E-state index contributed by atoms with van der Waals surface area (Å²) in [6.07, 6.45) is -1.67. The minimum atomic E-state index is -0.880. The molecule has 4 N–H and O–H groups in total. The highest BCUT2D eigenvalue weighted by molar-refractivity contribution is 5.53. The first-order chi connectivity index (χ1) is 5.77. The molecule has 1 aromatic rings. The van der Waals surface area contributed by atoms with Gasteiger partial charge in [0.15, 0.2) is 6.35 Å². The summed E-state index contributed by atoms with van der Waals surface area (Å²) < 4.78 is 0. The molecule has 0 amide bonds. The lowest BCUT2D eigenvalue weighted by atomic mass is 10.1. The molecule has 0 saturated carbocycles. The van der Waals surface area contributed by atoms with Crippen LogP contribution >= 0.6 is 0 Å². The van der Waals surface area contributed by atoms with Crippen LogP contribution in [0.3, 0.4) is 0 Å². The summed E-state index contributed by atoms with van der Waals surface area (Å²) in [7, 11) is 0. The van der Waals surface area contributed by atoms with E-state index in [1.54, 1.807) is 6.07 Å². The molecule has 0 aliphatic carbocycles. The van der Waals surface area contributed by atoms with E-state index in [-0.39, 0.29) is 0 Å². The van der Waals surface area contributed by atoms with Gasteiger partial charge in [-0.1, -0.05) is 18.2 Å². The van der Waals surface area contributed by atoms with Crippen LogP contribution in [0.25, 0.3) is 0 Å². The van der Waals surface area contributed by atoms with Crippen LogP contribution in [0.5, 0.6) is 0 Å². The van der Waals surface area contributed by atoms with Gasteiger partial charge in [-0.25, -0.2) is 5.32 Å². The number of anilines is 1. The van der Waals surface area contributed by atoms with E-state index in [0.29, 0.717) is 0 Å². The normalized spacial score (nSPS) is 27.5. The highest BCUT2D eigenvalue weighted by atomic mass is 16.3. The molecule has 0 aromatic heterocycles. The number of hydrogen-bond acceptors (Lipinski definition) is 4. The predicted molar refractivity (Wildman–Crippen MR) is 44.2 cm³/mol. The van der Waals surface area contributed by atoms with Gasteiger partial charge >= 0.3 is 0 Å². The smallest absolute Gasteiger partial charge is 0.183 e. The summed E-state index contributed by atoms with van der Waals surface area (Å²) >= 11 is 0. The molecule has 2 atom stereocenters. The molecule has 1 aliphatic heterocycles. The minimum Gasteiger partial charge on any atom is -0.374 e. The molecular weight excluding hydrogens is 156 g/mol. The molecule has 1 aromatic carbocycles. The summed E-state index contributed by atoms with van der Waals surface area (Å²) in [5, 5.41) is 23.9. The van der Waals surface area contributed by atoms with Gasteiger partial charge < -0.3 is 15.5 Å². The van der Waals surface area contributed by atoms with Crippen LogP contribution in [0.4, 0.5) is 5.69 Å². The third-order valence-corrected chi connectivity index (χ3v) is 1.86. The third-order valence-electron chi connectivity index (χ3n) is 1.86. The first kappa shape index (κ1) is 7.54. The Kier molecular flexibility index (Phi) is 1.73. The first-order valence-electron chi connectivity index (χ1n) is 3.75. The van der Waals surface area contributed by atoms with Crippen LogP contribution in [0.1, 0.15) is 11.8 Å². The van der Waals surface area contributed by atoms with E-state index >= 15 is 0 Å². The largest absolute Gasteiger partial charge is 0.374 e. The van der Waals surface area contributed by atoms with Crippen LogP contribution in [-0.4, -0.2) is 16.6 Å². The Morgan fingerprint density at radius 3 is 2.75 bits per heavy atom. The molecule has 0 radical (unpaired) electrons. The number of fused-ring (bicyclic) bond motifs is 1. The van der Waals surface area contributed by atoms with Crippen molar-refractivity contribution in [2.45, 2.75) is 12.6 Å². The van der Waals surface area contributed by atoms with Crippen LogP contribution in [0, 0.1) is 0 Å². The number of nitrogens with one attached hydrogen (secondary N) is 2. The predicted octanol–water partition coefficient (Wildman–Crippen LogP) is -0.0315. The molecule has 0 saturated heterocycles. The quantitative estimate of drug-likeness (QED) is 0.437. The maximum atomic E-state index is 9.42. The van der Waals surface area contributed by atoms with Crippen molar-refractivity contribution < 1.29 is 10.2 Å². The van der Waals surface area contributed by atoms with E-state index in [1.807, 2.05) is 18.2 Å². The van der Waals surface area contributed by atoms with Gasteiger partial charge in [0.05, 0.1) is 0 Å². The third kappa shape index (κ3) is 1.16. The topological polar surface area (TPSA) is 64.5 Å². The Morgan fingerprint density at radius 1 is 1.17 bits per heavy atom. The van der Waals surface area contributed by atoms with Crippen molar-refractivity contribution in [3.63, 3.8) is 0 Å². The molecule has 2 unspecified atom stereocenters. The van der Waals surface area contributed by atoms with Gasteiger partial charge in [-0.3, -0.25) is 0 Å². The Labute approximate surface area is 69.8 Å². The Hall–Kier alpha value is -1.10. The molecule has 2 rings (SSSR count). The standard InChI is InChI=1S/C8H10N2O2/c11-7-5-3-1-2-4-6(5)9-8(12)10-7/h1-4,7-12H. The van der Waals surface area contributed by atoms with Crippen LogP contribution in [0.2, 0.25) is 0 Å². The Balaban J connectivity index is 2.40. The molecule has 1 heterocycles. The van der Waals surface area contributed by atoms with E-state index in [9.17, 15) is 5.11 Å².